The highest BCUT2D eigenvalue weighted by molar-refractivity contribution is 6.31. The summed E-state index contributed by atoms with van der Waals surface area (Å²) in [5.41, 5.74) is 3.25. The number of oxazole rings is 1. The Kier molecular flexibility index (Phi) is 5.06. The van der Waals surface area contributed by atoms with Gasteiger partial charge in [-0.15, -0.1) is 0 Å². The molecule has 7 nitrogen and oxygen atoms in total. The molecule has 0 N–H and O–H groups in total. The van der Waals surface area contributed by atoms with Crippen LogP contribution in [0.1, 0.15) is 31.1 Å². The van der Waals surface area contributed by atoms with Crippen LogP contribution in [0.15, 0.2) is 51.7 Å². The molecule has 1 fully saturated rings. The van der Waals surface area contributed by atoms with Crippen LogP contribution in [0.5, 0.6) is 0 Å². The number of amides is 1. The molecule has 4 aromatic rings. The Morgan fingerprint density at radius 2 is 1.94 bits per heavy atom. The SMILES string of the molecule is Cc1nc2ccccc2n1CCC(=O)N1CCC(n2c(=O)oc3ccc(Cl)cc32)CC1. The van der Waals surface area contributed by atoms with E-state index in [1.54, 1.807) is 22.8 Å². The summed E-state index contributed by atoms with van der Waals surface area (Å²) in [7, 11) is 0. The Bertz CT molecular complexity index is 1330. The van der Waals surface area contributed by atoms with Gasteiger partial charge in [-0.3, -0.25) is 9.36 Å². The van der Waals surface area contributed by atoms with Gasteiger partial charge in [0.2, 0.25) is 5.91 Å². The van der Waals surface area contributed by atoms with Crippen molar-refractivity contribution in [1.82, 2.24) is 19.0 Å². The summed E-state index contributed by atoms with van der Waals surface area (Å²) < 4.78 is 9.15. The van der Waals surface area contributed by atoms with Crippen molar-refractivity contribution in [3.63, 3.8) is 0 Å². The molecule has 31 heavy (non-hydrogen) atoms. The van der Waals surface area contributed by atoms with Crippen molar-refractivity contribution >= 4 is 39.6 Å². The third-order valence-electron chi connectivity index (χ3n) is 6.15. The molecule has 1 saturated heterocycles. The number of carbonyl (C=O) groups is 1. The molecule has 0 saturated carbocycles. The number of likely N-dealkylation sites (tertiary alicyclic amines) is 1. The molecule has 0 unspecified atom stereocenters. The van der Waals surface area contributed by atoms with Crippen molar-refractivity contribution in [3.8, 4) is 0 Å². The maximum atomic E-state index is 12.8. The predicted molar refractivity (Wildman–Crippen MR) is 119 cm³/mol. The average molecular weight is 439 g/mol. The smallest absolute Gasteiger partial charge is 0.408 e. The molecule has 1 amide bonds. The number of halogens is 1. The maximum absolute atomic E-state index is 12.8. The zero-order valence-corrected chi connectivity index (χ0v) is 18.0. The zero-order chi connectivity index (χ0) is 21.5. The number of imidazole rings is 1. The van der Waals surface area contributed by atoms with E-state index in [0.717, 1.165) is 16.9 Å². The van der Waals surface area contributed by atoms with E-state index >= 15 is 0 Å². The summed E-state index contributed by atoms with van der Waals surface area (Å²) in [5.74, 6) is 0.671. The molecule has 8 heteroatoms. The van der Waals surface area contributed by atoms with E-state index in [2.05, 4.69) is 9.55 Å². The van der Waals surface area contributed by atoms with Gasteiger partial charge in [0.1, 0.15) is 5.82 Å². The highest BCUT2D eigenvalue weighted by Gasteiger charge is 2.27. The van der Waals surface area contributed by atoms with Gasteiger partial charge in [0.25, 0.3) is 0 Å². The number of nitrogens with zero attached hydrogens (tertiary/aromatic N) is 4. The number of benzene rings is 2. The van der Waals surface area contributed by atoms with Crippen LogP contribution in [0, 0.1) is 6.92 Å². The Balaban J connectivity index is 1.25. The number of piperidine rings is 1. The van der Waals surface area contributed by atoms with Gasteiger partial charge in [-0.05, 0) is 50.1 Å². The Labute approximate surface area is 183 Å². The highest BCUT2D eigenvalue weighted by Crippen LogP contribution is 2.27. The molecular weight excluding hydrogens is 416 g/mol. The number of fused-ring (bicyclic) bond motifs is 2. The molecule has 0 spiro atoms. The second-order valence-corrected chi connectivity index (χ2v) is 8.45. The number of hydrogen-bond acceptors (Lipinski definition) is 4. The highest BCUT2D eigenvalue weighted by atomic mass is 35.5. The average Bonchev–Trinajstić information content (AvgIpc) is 3.26. The van der Waals surface area contributed by atoms with Crippen LogP contribution < -0.4 is 5.76 Å². The molecular formula is C23H23ClN4O3. The van der Waals surface area contributed by atoms with Gasteiger partial charge in [-0.2, -0.15) is 0 Å². The van der Waals surface area contributed by atoms with E-state index in [4.69, 9.17) is 16.0 Å². The van der Waals surface area contributed by atoms with Gasteiger partial charge in [0.05, 0.1) is 16.6 Å². The summed E-state index contributed by atoms with van der Waals surface area (Å²) in [6, 6.07) is 13.2. The van der Waals surface area contributed by atoms with Gasteiger partial charge in [0, 0.05) is 37.1 Å². The van der Waals surface area contributed by atoms with Gasteiger partial charge in [-0.1, -0.05) is 23.7 Å². The van der Waals surface area contributed by atoms with Crippen molar-refractivity contribution < 1.29 is 9.21 Å². The fourth-order valence-corrected chi connectivity index (χ4v) is 4.74. The van der Waals surface area contributed by atoms with Crippen molar-refractivity contribution in [2.24, 2.45) is 0 Å². The lowest BCUT2D eigenvalue weighted by molar-refractivity contribution is -0.132. The van der Waals surface area contributed by atoms with E-state index in [0.29, 0.717) is 55.0 Å². The van der Waals surface area contributed by atoms with Crippen LogP contribution in [-0.2, 0) is 11.3 Å². The van der Waals surface area contributed by atoms with Crippen LogP contribution >= 0.6 is 11.6 Å². The summed E-state index contributed by atoms with van der Waals surface area (Å²) in [4.78, 5) is 31.7. The second kappa shape index (κ2) is 7.89. The lowest BCUT2D eigenvalue weighted by Crippen LogP contribution is -2.40. The third-order valence-corrected chi connectivity index (χ3v) is 6.39. The molecule has 2 aromatic heterocycles. The monoisotopic (exact) mass is 438 g/mol. The molecule has 1 aliphatic heterocycles. The van der Waals surface area contributed by atoms with Crippen LogP contribution in [0.4, 0.5) is 0 Å². The summed E-state index contributed by atoms with van der Waals surface area (Å²) in [5, 5.41) is 0.567. The molecule has 3 heterocycles. The summed E-state index contributed by atoms with van der Waals surface area (Å²) in [6.07, 6.45) is 1.84. The lowest BCUT2D eigenvalue weighted by Gasteiger charge is -2.32. The van der Waals surface area contributed by atoms with Crippen LogP contribution in [0.2, 0.25) is 5.02 Å². The molecule has 2 aromatic carbocycles. The number of rotatable bonds is 4. The first-order valence-electron chi connectivity index (χ1n) is 10.5. The molecule has 0 aliphatic carbocycles. The van der Waals surface area contributed by atoms with Crippen molar-refractivity contribution in [3.05, 3.63) is 63.9 Å². The van der Waals surface area contributed by atoms with E-state index in [1.165, 1.54) is 0 Å². The Morgan fingerprint density at radius 1 is 1.16 bits per heavy atom. The van der Waals surface area contributed by atoms with Gasteiger partial charge >= 0.3 is 5.76 Å². The number of para-hydroxylation sites is 2. The topological polar surface area (TPSA) is 73.3 Å². The molecule has 5 rings (SSSR count). The zero-order valence-electron chi connectivity index (χ0n) is 17.3. The fraction of sp³-hybridized carbons (Fsp3) is 0.348. The summed E-state index contributed by atoms with van der Waals surface area (Å²) >= 11 is 6.11. The Morgan fingerprint density at radius 3 is 2.74 bits per heavy atom. The molecule has 160 valence electrons. The van der Waals surface area contributed by atoms with Gasteiger partial charge in [-0.25, -0.2) is 9.78 Å². The van der Waals surface area contributed by atoms with E-state index in [9.17, 15) is 9.59 Å². The van der Waals surface area contributed by atoms with E-state index in [-0.39, 0.29) is 17.7 Å². The number of aromatic nitrogens is 3. The standard InChI is InChI=1S/C23H23ClN4O3/c1-15-25-18-4-2-3-5-19(18)27(15)13-10-22(29)26-11-8-17(9-12-26)28-20-14-16(24)6-7-21(20)31-23(28)30/h2-7,14,17H,8-13H2,1H3. The van der Waals surface area contributed by atoms with E-state index in [1.807, 2.05) is 36.1 Å². The maximum Gasteiger partial charge on any atom is 0.420 e. The minimum Gasteiger partial charge on any atom is -0.408 e. The normalized spacial score (nSPS) is 15.2. The van der Waals surface area contributed by atoms with Crippen LogP contribution in [0.25, 0.3) is 22.1 Å². The molecule has 0 bridgehead atoms. The van der Waals surface area contributed by atoms with Crippen molar-refractivity contribution in [2.45, 2.75) is 38.8 Å². The minimum absolute atomic E-state index is 0.00361. The van der Waals surface area contributed by atoms with Crippen molar-refractivity contribution in [1.29, 1.82) is 0 Å². The first-order valence-corrected chi connectivity index (χ1v) is 10.9. The van der Waals surface area contributed by atoms with Gasteiger partial charge < -0.3 is 13.9 Å². The van der Waals surface area contributed by atoms with Crippen LogP contribution in [-0.4, -0.2) is 38.0 Å². The van der Waals surface area contributed by atoms with E-state index < -0.39 is 0 Å². The number of hydrogen-bond donors (Lipinski definition) is 0. The Hall–Kier alpha value is -3.06. The molecule has 1 aliphatic rings. The molecule has 0 atom stereocenters. The van der Waals surface area contributed by atoms with Crippen molar-refractivity contribution in [2.75, 3.05) is 13.1 Å². The minimum atomic E-state index is -0.371. The first-order chi connectivity index (χ1) is 15.0. The first kappa shape index (κ1) is 19.9. The number of carbonyl (C=O) groups excluding carboxylic acids is 1. The lowest BCUT2D eigenvalue weighted by atomic mass is 10.0. The predicted octanol–water partition coefficient (Wildman–Crippen LogP) is 4.16. The summed E-state index contributed by atoms with van der Waals surface area (Å²) in [6.45, 7) is 3.81. The third kappa shape index (κ3) is 3.63. The number of aryl methyl sites for hydroxylation is 2. The fourth-order valence-electron chi connectivity index (χ4n) is 4.57. The van der Waals surface area contributed by atoms with Gasteiger partial charge in [0.15, 0.2) is 5.58 Å². The second-order valence-electron chi connectivity index (χ2n) is 8.01. The largest absolute Gasteiger partial charge is 0.420 e. The molecule has 0 radical (unpaired) electrons. The quantitative estimate of drug-likeness (QED) is 0.479. The van der Waals surface area contributed by atoms with Crippen LogP contribution in [0.3, 0.4) is 0 Å².